The molecule has 0 fully saturated rings. The fraction of sp³-hybridized carbons (Fsp3) is 0.0909. The van der Waals surface area contributed by atoms with Crippen molar-refractivity contribution in [2.45, 2.75) is 13.1 Å². The highest BCUT2D eigenvalue weighted by atomic mass is 15.0. The minimum absolute atomic E-state index is 0.826. The van der Waals surface area contributed by atoms with Crippen LogP contribution in [0.4, 0.5) is 5.69 Å². The topological polar surface area (TPSA) is 17.0 Å². The zero-order chi connectivity index (χ0) is 16.2. The van der Waals surface area contributed by atoms with E-state index in [0.717, 1.165) is 18.8 Å². The van der Waals surface area contributed by atoms with Crippen LogP contribution in [0.3, 0.4) is 0 Å². The van der Waals surface area contributed by atoms with Crippen LogP contribution < -0.4 is 5.32 Å². The van der Waals surface area contributed by atoms with E-state index in [1.807, 2.05) is 6.07 Å². The van der Waals surface area contributed by atoms with Crippen LogP contribution >= 0.6 is 0 Å². The van der Waals surface area contributed by atoms with Crippen molar-refractivity contribution in [2.75, 3.05) is 5.32 Å². The first-order chi connectivity index (χ1) is 11.9. The Labute approximate surface area is 142 Å². The van der Waals surface area contributed by atoms with E-state index in [9.17, 15) is 0 Å². The van der Waals surface area contributed by atoms with E-state index in [2.05, 4.69) is 94.9 Å². The number of fused-ring (bicyclic) bond motifs is 1. The van der Waals surface area contributed by atoms with Gasteiger partial charge < -0.3 is 9.88 Å². The van der Waals surface area contributed by atoms with Crippen molar-refractivity contribution in [1.82, 2.24) is 4.57 Å². The van der Waals surface area contributed by atoms with E-state index in [1.54, 1.807) is 0 Å². The molecular weight excluding hydrogens is 292 g/mol. The number of rotatable bonds is 5. The first kappa shape index (κ1) is 14.6. The van der Waals surface area contributed by atoms with Gasteiger partial charge in [-0.15, -0.1) is 0 Å². The quantitative estimate of drug-likeness (QED) is 0.529. The largest absolute Gasteiger partial charge is 0.381 e. The van der Waals surface area contributed by atoms with Gasteiger partial charge in [0, 0.05) is 35.9 Å². The van der Waals surface area contributed by atoms with Gasteiger partial charge in [-0.1, -0.05) is 66.7 Å². The maximum absolute atomic E-state index is 3.52. The molecule has 0 saturated heterocycles. The standard InChI is InChI=1S/C22H20N2/c1-3-9-18(10-4-1)16-24-17-19(21-13-7-8-14-22(21)24)15-23-20-11-5-2-6-12-20/h1-14,17,23H,15-16H2. The monoisotopic (exact) mass is 312 g/mol. The van der Waals surface area contributed by atoms with Crippen molar-refractivity contribution in [1.29, 1.82) is 0 Å². The van der Waals surface area contributed by atoms with Crippen LogP contribution in [0, 0.1) is 0 Å². The molecular formula is C22H20N2. The lowest BCUT2D eigenvalue weighted by Crippen LogP contribution is -1.99. The number of nitrogens with one attached hydrogen (secondary N) is 1. The molecule has 0 aliphatic carbocycles. The highest BCUT2D eigenvalue weighted by Crippen LogP contribution is 2.23. The highest BCUT2D eigenvalue weighted by molar-refractivity contribution is 5.84. The number of anilines is 1. The fourth-order valence-corrected chi connectivity index (χ4v) is 3.13. The molecule has 0 radical (unpaired) electrons. The molecule has 1 heterocycles. The summed E-state index contributed by atoms with van der Waals surface area (Å²) in [7, 11) is 0. The Bertz CT molecular complexity index is 924. The van der Waals surface area contributed by atoms with Gasteiger partial charge in [-0.05, 0) is 29.3 Å². The lowest BCUT2D eigenvalue weighted by atomic mass is 10.1. The smallest absolute Gasteiger partial charge is 0.0486 e. The summed E-state index contributed by atoms with van der Waals surface area (Å²) >= 11 is 0. The summed E-state index contributed by atoms with van der Waals surface area (Å²) in [5.41, 5.74) is 5.08. The lowest BCUT2D eigenvalue weighted by molar-refractivity contribution is 0.831. The summed E-state index contributed by atoms with van der Waals surface area (Å²) in [5.74, 6) is 0. The highest BCUT2D eigenvalue weighted by Gasteiger charge is 2.08. The first-order valence-corrected chi connectivity index (χ1v) is 8.30. The summed E-state index contributed by atoms with van der Waals surface area (Å²) in [6.07, 6.45) is 2.27. The molecule has 0 amide bonds. The van der Waals surface area contributed by atoms with Crippen LogP contribution in [-0.4, -0.2) is 4.57 Å². The number of benzene rings is 3. The predicted octanol–water partition coefficient (Wildman–Crippen LogP) is 5.30. The number of nitrogens with zero attached hydrogens (tertiary/aromatic N) is 1. The van der Waals surface area contributed by atoms with Crippen LogP contribution in [0.2, 0.25) is 0 Å². The van der Waals surface area contributed by atoms with Crippen molar-refractivity contribution in [3.63, 3.8) is 0 Å². The fourth-order valence-electron chi connectivity index (χ4n) is 3.13. The molecule has 4 aromatic rings. The molecule has 118 valence electrons. The average Bonchev–Trinajstić information content (AvgIpc) is 3.00. The summed E-state index contributed by atoms with van der Waals surface area (Å²) in [6, 6.07) is 29.6. The van der Waals surface area contributed by atoms with Crippen molar-refractivity contribution >= 4 is 16.6 Å². The van der Waals surface area contributed by atoms with Gasteiger partial charge in [-0.3, -0.25) is 0 Å². The summed E-state index contributed by atoms with van der Waals surface area (Å²) in [4.78, 5) is 0. The van der Waals surface area contributed by atoms with Gasteiger partial charge in [0.1, 0.15) is 0 Å². The minimum Gasteiger partial charge on any atom is -0.381 e. The second-order valence-electron chi connectivity index (χ2n) is 6.00. The molecule has 4 rings (SSSR count). The van der Waals surface area contributed by atoms with E-state index in [1.165, 1.54) is 22.0 Å². The molecule has 0 bridgehead atoms. The van der Waals surface area contributed by atoms with E-state index < -0.39 is 0 Å². The lowest BCUT2D eigenvalue weighted by Gasteiger charge is -2.05. The number of aromatic nitrogens is 1. The molecule has 0 aliphatic heterocycles. The van der Waals surface area contributed by atoms with Crippen LogP contribution in [-0.2, 0) is 13.1 Å². The Kier molecular flexibility index (Phi) is 4.03. The third-order valence-corrected chi connectivity index (χ3v) is 4.32. The van der Waals surface area contributed by atoms with E-state index in [-0.39, 0.29) is 0 Å². The molecule has 0 saturated carbocycles. The van der Waals surface area contributed by atoms with E-state index in [0.29, 0.717) is 0 Å². The van der Waals surface area contributed by atoms with Crippen molar-refractivity contribution < 1.29 is 0 Å². The Hall–Kier alpha value is -3.00. The van der Waals surface area contributed by atoms with Gasteiger partial charge in [0.25, 0.3) is 0 Å². The predicted molar refractivity (Wildman–Crippen MR) is 101 cm³/mol. The SMILES string of the molecule is c1ccc(Cn2cc(CNc3ccccc3)c3ccccc32)cc1. The molecule has 2 heteroatoms. The number of hydrogen-bond acceptors (Lipinski definition) is 1. The minimum atomic E-state index is 0.826. The molecule has 0 spiro atoms. The summed E-state index contributed by atoms with van der Waals surface area (Å²) < 4.78 is 2.34. The molecule has 1 N–H and O–H groups in total. The van der Waals surface area contributed by atoms with Crippen LogP contribution in [0.25, 0.3) is 10.9 Å². The summed E-state index contributed by atoms with van der Waals surface area (Å²) in [6.45, 7) is 1.72. The molecule has 3 aromatic carbocycles. The molecule has 1 aromatic heterocycles. The van der Waals surface area contributed by atoms with Crippen LogP contribution in [0.5, 0.6) is 0 Å². The van der Waals surface area contributed by atoms with Crippen molar-refractivity contribution in [2.24, 2.45) is 0 Å². The first-order valence-electron chi connectivity index (χ1n) is 8.30. The zero-order valence-corrected chi connectivity index (χ0v) is 13.5. The third-order valence-electron chi connectivity index (χ3n) is 4.32. The Morgan fingerprint density at radius 1 is 0.708 bits per heavy atom. The zero-order valence-electron chi connectivity index (χ0n) is 13.5. The second kappa shape index (κ2) is 6.63. The second-order valence-corrected chi connectivity index (χ2v) is 6.00. The van der Waals surface area contributed by atoms with Gasteiger partial charge in [-0.25, -0.2) is 0 Å². The summed E-state index contributed by atoms with van der Waals surface area (Å²) in [5, 5.41) is 4.83. The average molecular weight is 312 g/mol. The van der Waals surface area contributed by atoms with Gasteiger partial charge in [-0.2, -0.15) is 0 Å². The van der Waals surface area contributed by atoms with Crippen molar-refractivity contribution in [3.8, 4) is 0 Å². The third kappa shape index (κ3) is 3.04. The maximum atomic E-state index is 3.52. The normalized spacial score (nSPS) is 10.8. The van der Waals surface area contributed by atoms with Gasteiger partial charge in [0.2, 0.25) is 0 Å². The van der Waals surface area contributed by atoms with Crippen LogP contribution in [0.15, 0.2) is 91.1 Å². The molecule has 0 aliphatic rings. The maximum Gasteiger partial charge on any atom is 0.0486 e. The van der Waals surface area contributed by atoms with E-state index >= 15 is 0 Å². The molecule has 24 heavy (non-hydrogen) atoms. The number of hydrogen-bond donors (Lipinski definition) is 1. The van der Waals surface area contributed by atoms with Gasteiger partial charge >= 0.3 is 0 Å². The van der Waals surface area contributed by atoms with Gasteiger partial charge in [0.15, 0.2) is 0 Å². The van der Waals surface area contributed by atoms with Crippen molar-refractivity contribution in [3.05, 3.63) is 102 Å². The Balaban J connectivity index is 1.64. The van der Waals surface area contributed by atoms with Gasteiger partial charge in [0.05, 0.1) is 0 Å². The number of para-hydroxylation sites is 2. The molecule has 2 nitrogen and oxygen atoms in total. The van der Waals surface area contributed by atoms with Crippen LogP contribution in [0.1, 0.15) is 11.1 Å². The Morgan fingerprint density at radius 3 is 2.17 bits per heavy atom. The Morgan fingerprint density at radius 2 is 1.38 bits per heavy atom. The van der Waals surface area contributed by atoms with E-state index in [4.69, 9.17) is 0 Å². The molecule has 0 unspecified atom stereocenters. The molecule has 0 atom stereocenters.